The first-order valence-corrected chi connectivity index (χ1v) is 9.78. The Labute approximate surface area is 172 Å². The molecule has 1 N–H and O–H groups in total. The molecule has 2 aliphatic heterocycles. The molecule has 8 heteroatoms. The summed E-state index contributed by atoms with van der Waals surface area (Å²) in [6.07, 6.45) is 4.05. The number of carbonyl (C=O) groups excluding carboxylic acids is 3. The molecule has 0 radical (unpaired) electrons. The molecule has 5 rings (SSSR count). The third-order valence-electron chi connectivity index (χ3n) is 5.89. The van der Waals surface area contributed by atoms with E-state index in [2.05, 4.69) is 10.4 Å². The second-order valence-electron chi connectivity index (χ2n) is 7.69. The quantitative estimate of drug-likeness (QED) is 0.676. The fourth-order valence-corrected chi connectivity index (χ4v) is 4.34. The highest BCUT2D eigenvalue weighted by Gasteiger charge is 2.39. The summed E-state index contributed by atoms with van der Waals surface area (Å²) < 4.78 is 7.27. The lowest BCUT2D eigenvalue weighted by molar-refractivity contribution is -0.136. The number of piperidine rings is 1. The third kappa shape index (κ3) is 2.75. The molecule has 1 fully saturated rings. The fraction of sp³-hybridized carbons (Fsp3) is 0.273. The van der Waals surface area contributed by atoms with Crippen LogP contribution in [0.4, 0.5) is 0 Å². The molecule has 1 saturated heterocycles. The Kier molecular flexibility index (Phi) is 4.09. The van der Waals surface area contributed by atoms with E-state index < -0.39 is 11.9 Å². The van der Waals surface area contributed by atoms with Gasteiger partial charge in [0.2, 0.25) is 11.8 Å². The van der Waals surface area contributed by atoms with Gasteiger partial charge in [0, 0.05) is 36.7 Å². The van der Waals surface area contributed by atoms with Gasteiger partial charge >= 0.3 is 0 Å². The van der Waals surface area contributed by atoms with E-state index in [1.165, 1.54) is 0 Å². The second-order valence-corrected chi connectivity index (χ2v) is 7.69. The molecular formula is C22H20N4O4. The minimum absolute atomic E-state index is 0.178. The number of nitrogens with zero attached hydrogens (tertiary/aromatic N) is 3. The molecule has 0 spiro atoms. The van der Waals surface area contributed by atoms with Crippen molar-refractivity contribution in [2.45, 2.75) is 32.4 Å². The van der Waals surface area contributed by atoms with Crippen LogP contribution in [0.5, 0.6) is 0 Å². The summed E-state index contributed by atoms with van der Waals surface area (Å²) in [7, 11) is 1.88. The molecule has 0 aliphatic carbocycles. The normalized spacial score (nSPS) is 18.7. The van der Waals surface area contributed by atoms with Gasteiger partial charge in [0.25, 0.3) is 5.91 Å². The number of benzene rings is 1. The summed E-state index contributed by atoms with van der Waals surface area (Å²) >= 11 is 0. The highest BCUT2D eigenvalue weighted by molar-refractivity contribution is 6.05. The molecule has 1 atom stereocenters. The molecule has 1 unspecified atom stereocenters. The molecule has 2 aromatic heterocycles. The smallest absolute Gasteiger partial charge is 0.255 e. The van der Waals surface area contributed by atoms with Crippen LogP contribution in [0.15, 0.2) is 41.1 Å². The van der Waals surface area contributed by atoms with Crippen LogP contribution >= 0.6 is 0 Å². The standard InChI is InChI=1S/C22H20N4O4/c1-12-15(7-8-30-12)20-17(10-23-25(20)2)13-3-4-16-14(9-13)11-26(22(16)29)18-5-6-19(27)24-21(18)28/h3-4,7-10,18H,5-6,11H2,1-2H3,(H,24,27,28). The van der Waals surface area contributed by atoms with Crippen LogP contribution in [0.3, 0.4) is 0 Å². The number of amides is 3. The van der Waals surface area contributed by atoms with Crippen molar-refractivity contribution in [1.82, 2.24) is 20.0 Å². The van der Waals surface area contributed by atoms with E-state index in [9.17, 15) is 14.4 Å². The Morgan fingerprint density at radius 3 is 2.70 bits per heavy atom. The van der Waals surface area contributed by atoms with Gasteiger partial charge in [0.15, 0.2) is 0 Å². The van der Waals surface area contributed by atoms with Crippen LogP contribution in [0, 0.1) is 6.92 Å². The van der Waals surface area contributed by atoms with Crippen molar-refractivity contribution >= 4 is 17.7 Å². The predicted octanol–water partition coefficient (Wildman–Crippen LogP) is 2.42. The molecular weight excluding hydrogens is 384 g/mol. The van der Waals surface area contributed by atoms with Crippen LogP contribution in [0.2, 0.25) is 0 Å². The average molecular weight is 404 g/mol. The first-order valence-electron chi connectivity index (χ1n) is 9.78. The maximum atomic E-state index is 12.9. The number of imide groups is 1. The molecule has 4 heterocycles. The van der Waals surface area contributed by atoms with Crippen molar-refractivity contribution in [1.29, 1.82) is 0 Å². The molecule has 0 saturated carbocycles. The van der Waals surface area contributed by atoms with Crippen LogP contribution in [-0.2, 0) is 23.2 Å². The number of aromatic nitrogens is 2. The lowest BCUT2D eigenvalue weighted by Gasteiger charge is -2.29. The zero-order chi connectivity index (χ0) is 21.0. The minimum atomic E-state index is -0.617. The Bertz CT molecular complexity index is 1210. The number of fused-ring (bicyclic) bond motifs is 1. The highest BCUT2D eigenvalue weighted by Crippen LogP contribution is 2.36. The number of carbonyl (C=O) groups is 3. The van der Waals surface area contributed by atoms with Crippen molar-refractivity contribution in [3.63, 3.8) is 0 Å². The number of hydrogen-bond donors (Lipinski definition) is 1. The van der Waals surface area contributed by atoms with Gasteiger partial charge in [-0.2, -0.15) is 5.10 Å². The van der Waals surface area contributed by atoms with E-state index in [4.69, 9.17) is 4.42 Å². The van der Waals surface area contributed by atoms with Gasteiger partial charge in [-0.1, -0.05) is 6.07 Å². The van der Waals surface area contributed by atoms with Crippen LogP contribution in [-0.4, -0.2) is 38.4 Å². The van der Waals surface area contributed by atoms with Crippen molar-refractivity contribution < 1.29 is 18.8 Å². The maximum absolute atomic E-state index is 12.9. The second kappa shape index (κ2) is 6.69. The van der Waals surface area contributed by atoms with Crippen molar-refractivity contribution in [2.75, 3.05) is 0 Å². The Hall–Kier alpha value is -3.68. The first-order chi connectivity index (χ1) is 14.4. The molecule has 30 heavy (non-hydrogen) atoms. The molecule has 152 valence electrons. The summed E-state index contributed by atoms with van der Waals surface area (Å²) in [5.41, 5.74) is 5.24. The van der Waals surface area contributed by atoms with Gasteiger partial charge in [-0.3, -0.25) is 24.4 Å². The molecule has 0 bridgehead atoms. The number of nitrogens with one attached hydrogen (secondary N) is 1. The zero-order valence-electron chi connectivity index (χ0n) is 16.6. The van der Waals surface area contributed by atoms with E-state index in [1.54, 1.807) is 28.1 Å². The lowest BCUT2D eigenvalue weighted by atomic mass is 9.98. The maximum Gasteiger partial charge on any atom is 0.255 e. The van der Waals surface area contributed by atoms with Crippen LogP contribution in [0.25, 0.3) is 22.4 Å². The number of rotatable bonds is 3. The summed E-state index contributed by atoms with van der Waals surface area (Å²) in [6, 6.07) is 6.99. The van der Waals surface area contributed by atoms with E-state index in [0.29, 0.717) is 18.5 Å². The monoisotopic (exact) mass is 404 g/mol. The number of hydrogen-bond acceptors (Lipinski definition) is 5. The Morgan fingerprint density at radius 2 is 1.97 bits per heavy atom. The van der Waals surface area contributed by atoms with Gasteiger partial charge in [-0.15, -0.1) is 0 Å². The van der Waals surface area contributed by atoms with Gasteiger partial charge in [0.05, 0.1) is 18.2 Å². The summed E-state index contributed by atoms with van der Waals surface area (Å²) in [5.74, 6) is -0.0673. The van der Waals surface area contributed by atoms with Crippen LogP contribution in [0.1, 0.15) is 34.5 Å². The third-order valence-corrected chi connectivity index (χ3v) is 5.89. The highest BCUT2D eigenvalue weighted by atomic mass is 16.3. The number of aryl methyl sites for hydroxylation is 2. The first kappa shape index (κ1) is 18.4. The van der Waals surface area contributed by atoms with Crippen molar-refractivity contribution in [2.24, 2.45) is 7.05 Å². The predicted molar refractivity (Wildman–Crippen MR) is 107 cm³/mol. The van der Waals surface area contributed by atoms with Gasteiger partial charge in [0.1, 0.15) is 11.8 Å². The molecule has 3 amide bonds. The van der Waals surface area contributed by atoms with E-state index >= 15 is 0 Å². The fourth-order valence-electron chi connectivity index (χ4n) is 4.34. The average Bonchev–Trinajstić information content (AvgIpc) is 3.39. The van der Waals surface area contributed by atoms with Gasteiger partial charge in [-0.05, 0) is 42.7 Å². The zero-order valence-corrected chi connectivity index (χ0v) is 16.6. The Balaban J connectivity index is 1.50. The SMILES string of the molecule is Cc1occc1-c1c(-c2ccc3c(c2)CN(C2CCC(=O)NC2=O)C3=O)cnn1C. The molecule has 1 aromatic carbocycles. The summed E-state index contributed by atoms with van der Waals surface area (Å²) in [4.78, 5) is 38.1. The largest absolute Gasteiger partial charge is 0.469 e. The topological polar surface area (TPSA) is 97.4 Å². The minimum Gasteiger partial charge on any atom is -0.469 e. The number of furan rings is 1. The molecule has 3 aromatic rings. The van der Waals surface area contributed by atoms with Crippen LogP contribution < -0.4 is 5.32 Å². The summed E-state index contributed by atoms with van der Waals surface area (Å²) in [6.45, 7) is 2.25. The van der Waals surface area contributed by atoms with E-state index in [0.717, 1.165) is 33.7 Å². The van der Waals surface area contributed by atoms with E-state index in [1.807, 2.05) is 32.2 Å². The van der Waals surface area contributed by atoms with Crippen molar-refractivity contribution in [3.05, 3.63) is 53.6 Å². The van der Waals surface area contributed by atoms with Gasteiger partial charge < -0.3 is 9.32 Å². The van der Waals surface area contributed by atoms with Crippen molar-refractivity contribution in [3.8, 4) is 22.4 Å². The van der Waals surface area contributed by atoms with Gasteiger partial charge in [-0.25, -0.2) is 0 Å². The van der Waals surface area contributed by atoms with E-state index in [-0.39, 0.29) is 18.2 Å². The lowest BCUT2D eigenvalue weighted by Crippen LogP contribution is -2.52. The summed E-state index contributed by atoms with van der Waals surface area (Å²) in [5, 5.41) is 6.75. The Morgan fingerprint density at radius 1 is 1.13 bits per heavy atom. The molecule has 2 aliphatic rings. The molecule has 8 nitrogen and oxygen atoms in total.